The highest BCUT2D eigenvalue weighted by atomic mass is 16.3. The molecule has 0 fully saturated rings. The van der Waals surface area contributed by atoms with Gasteiger partial charge in [-0.05, 0) is 74.8 Å². The van der Waals surface area contributed by atoms with Gasteiger partial charge in [-0.15, -0.1) is 0 Å². The lowest BCUT2D eigenvalue weighted by atomic mass is 10.0. The van der Waals surface area contributed by atoms with Crippen LogP contribution in [0.5, 0.6) is 0 Å². The Bertz CT molecular complexity index is 3540. The molecule has 0 amide bonds. The van der Waals surface area contributed by atoms with Crippen molar-refractivity contribution in [2.75, 3.05) is 0 Å². The highest BCUT2D eigenvalue weighted by Crippen LogP contribution is 2.44. The van der Waals surface area contributed by atoms with Crippen LogP contribution in [-0.2, 0) is 0 Å². The third kappa shape index (κ3) is 4.64. The van der Waals surface area contributed by atoms with Crippen molar-refractivity contribution in [1.82, 2.24) is 19.5 Å². The Hall–Kier alpha value is -7.63. The first-order chi connectivity index (χ1) is 27.7. The van der Waals surface area contributed by atoms with Crippen LogP contribution in [0.4, 0.5) is 0 Å². The molecule has 0 N–H and O–H groups in total. The fourth-order valence-corrected chi connectivity index (χ4v) is 8.56. The van der Waals surface area contributed by atoms with Gasteiger partial charge in [0.05, 0.1) is 11.0 Å². The minimum absolute atomic E-state index is 0.566. The van der Waals surface area contributed by atoms with E-state index in [1.807, 2.05) is 18.2 Å². The molecule has 0 aliphatic heterocycles. The van der Waals surface area contributed by atoms with Gasteiger partial charge in [-0.2, -0.15) is 0 Å². The normalized spacial score (nSPS) is 11.9. The van der Waals surface area contributed by atoms with Crippen LogP contribution in [0.3, 0.4) is 0 Å². The van der Waals surface area contributed by atoms with Crippen LogP contribution in [0.25, 0.3) is 116 Å². The van der Waals surface area contributed by atoms with Crippen LogP contribution in [0.15, 0.2) is 186 Å². The van der Waals surface area contributed by atoms with Crippen molar-refractivity contribution in [3.63, 3.8) is 0 Å². The number of furan rings is 1. The Morgan fingerprint density at radius 2 is 0.946 bits per heavy atom. The number of aromatic nitrogens is 4. The summed E-state index contributed by atoms with van der Waals surface area (Å²) in [7, 11) is 0. The second-order valence-corrected chi connectivity index (χ2v) is 14.4. The summed E-state index contributed by atoms with van der Waals surface area (Å²) in [6.45, 7) is 0. The van der Waals surface area contributed by atoms with E-state index in [0.717, 1.165) is 76.9 Å². The van der Waals surface area contributed by atoms with Gasteiger partial charge in [0.25, 0.3) is 0 Å². The SMILES string of the molecule is c1ccc(-c2nc(-c3ccc4c(oc5cc6ccccc6cc54)c3-n3c4ccccc4c4cc5ccccc5cc43)nc(-c3cccc4ccccc34)n2)cc1. The summed E-state index contributed by atoms with van der Waals surface area (Å²) in [5.74, 6) is 1.78. The molecular weight excluding hydrogens is 685 g/mol. The molecule has 0 unspecified atom stereocenters. The molecule has 0 aliphatic rings. The van der Waals surface area contributed by atoms with Crippen molar-refractivity contribution in [2.24, 2.45) is 0 Å². The molecule has 5 nitrogen and oxygen atoms in total. The molecule has 0 saturated carbocycles. The lowest BCUT2D eigenvalue weighted by Crippen LogP contribution is -2.04. The maximum atomic E-state index is 7.06. The summed E-state index contributed by atoms with van der Waals surface area (Å²) in [6.07, 6.45) is 0. The topological polar surface area (TPSA) is 56.7 Å². The number of hydrogen-bond acceptors (Lipinski definition) is 4. The van der Waals surface area contributed by atoms with E-state index in [9.17, 15) is 0 Å². The highest BCUT2D eigenvalue weighted by Gasteiger charge is 2.25. The highest BCUT2D eigenvalue weighted by molar-refractivity contribution is 6.18. The Balaban J connectivity index is 1.24. The number of rotatable bonds is 4. The van der Waals surface area contributed by atoms with E-state index in [1.54, 1.807) is 0 Å². The molecule has 9 aromatic carbocycles. The van der Waals surface area contributed by atoms with Gasteiger partial charge in [0.15, 0.2) is 23.1 Å². The van der Waals surface area contributed by atoms with Crippen molar-refractivity contribution >= 4 is 76.1 Å². The summed E-state index contributed by atoms with van der Waals surface area (Å²) < 4.78 is 9.42. The molecule has 0 radical (unpaired) electrons. The number of para-hydroxylation sites is 1. The van der Waals surface area contributed by atoms with Crippen LogP contribution < -0.4 is 0 Å². The second kappa shape index (κ2) is 11.9. The molecule has 0 bridgehead atoms. The van der Waals surface area contributed by atoms with Gasteiger partial charge in [-0.3, -0.25) is 0 Å². The maximum absolute atomic E-state index is 7.06. The predicted octanol–water partition coefficient (Wildman–Crippen LogP) is 13.3. The van der Waals surface area contributed by atoms with Crippen LogP contribution in [0.1, 0.15) is 0 Å². The van der Waals surface area contributed by atoms with Crippen LogP contribution in [0, 0.1) is 0 Å². The molecule has 0 atom stereocenters. The van der Waals surface area contributed by atoms with E-state index < -0.39 is 0 Å². The molecule has 0 spiro atoms. The van der Waals surface area contributed by atoms with Gasteiger partial charge in [-0.1, -0.05) is 140 Å². The standard InChI is InChI=1S/C51H30N4O/c1-2-14-32(15-3-1)49-52-50(40-23-12-20-31-13-8-9-21-37(31)40)54-51(53-49)41-26-25-39-43-28-34-17-5-7-19-36(34)30-46(43)56-48(39)47(41)55-44-24-11-10-22-38(44)42-27-33-16-4-6-18-35(33)29-45(42)55/h1-30H. The third-order valence-electron chi connectivity index (χ3n) is 11.2. The zero-order valence-corrected chi connectivity index (χ0v) is 30.0. The van der Waals surface area contributed by atoms with Crippen molar-refractivity contribution in [3.05, 3.63) is 182 Å². The van der Waals surface area contributed by atoms with E-state index in [4.69, 9.17) is 19.4 Å². The minimum Gasteiger partial charge on any atom is -0.454 e. The summed E-state index contributed by atoms with van der Waals surface area (Å²) in [5.41, 5.74) is 7.36. The first kappa shape index (κ1) is 30.8. The zero-order chi connectivity index (χ0) is 36.7. The van der Waals surface area contributed by atoms with Crippen LogP contribution >= 0.6 is 0 Å². The lowest BCUT2D eigenvalue weighted by Gasteiger charge is -2.16. The average molecular weight is 715 g/mol. The fraction of sp³-hybridized carbons (Fsp3) is 0. The van der Waals surface area contributed by atoms with E-state index in [-0.39, 0.29) is 0 Å². The molecule has 12 rings (SSSR count). The van der Waals surface area contributed by atoms with Crippen molar-refractivity contribution in [3.8, 4) is 39.9 Å². The van der Waals surface area contributed by atoms with Crippen molar-refractivity contribution < 1.29 is 4.42 Å². The van der Waals surface area contributed by atoms with E-state index in [2.05, 4.69) is 168 Å². The minimum atomic E-state index is 0.566. The zero-order valence-electron chi connectivity index (χ0n) is 30.0. The molecule has 3 aromatic heterocycles. The molecule has 5 heteroatoms. The Labute approximate surface area is 320 Å². The van der Waals surface area contributed by atoms with Crippen molar-refractivity contribution in [1.29, 1.82) is 0 Å². The van der Waals surface area contributed by atoms with E-state index in [0.29, 0.717) is 17.5 Å². The summed E-state index contributed by atoms with van der Waals surface area (Å²) in [6, 6.07) is 63.8. The van der Waals surface area contributed by atoms with Gasteiger partial charge in [0.1, 0.15) is 11.3 Å². The number of fused-ring (bicyclic) bond motifs is 9. The molecule has 260 valence electrons. The molecule has 12 aromatic rings. The largest absolute Gasteiger partial charge is 0.454 e. The fourth-order valence-electron chi connectivity index (χ4n) is 8.56. The summed E-state index contributed by atoms with van der Waals surface area (Å²) >= 11 is 0. The number of hydrogen-bond donors (Lipinski definition) is 0. The Kier molecular flexibility index (Phi) is 6.56. The lowest BCUT2D eigenvalue weighted by molar-refractivity contribution is 0.667. The Morgan fingerprint density at radius 3 is 1.73 bits per heavy atom. The van der Waals surface area contributed by atoms with Gasteiger partial charge >= 0.3 is 0 Å². The predicted molar refractivity (Wildman–Crippen MR) is 230 cm³/mol. The van der Waals surface area contributed by atoms with Gasteiger partial charge in [0.2, 0.25) is 0 Å². The molecule has 0 aliphatic carbocycles. The van der Waals surface area contributed by atoms with Crippen LogP contribution in [0.2, 0.25) is 0 Å². The van der Waals surface area contributed by atoms with Gasteiger partial charge in [0, 0.05) is 38.2 Å². The average Bonchev–Trinajstić information content (AvgIpc) is 3.78. The maximum Gasteiger partial charge on any atom is 0.166 e. The smallest absolute Gasteiger partial charge is 0.166 e. The van der Waals surface area contributed by atoms with E-state index in [1.165, 1.54) is 21.5 Å². The quantitative estimate of drug-likeness (QED) is 0.182. The first-order valence-electron chi connectivity index (χ1n) is 18.9. The van der Waals surface area contributed by atoms with Crippen molar-refractivity contribution in [2.45, 2.75) is 0 Å². The molecule has 0 saturated heterocycles. The number of nitrogens with zero attached hydrogens (tertiary/aromatic N) is 4. The summed E-state index contributed by atoms with van der Waals surface area (Å²) in [4.78, 5) is 15.8. The van der Waals surface area contributed by atoms with Crippen LogP contribution in [-0.4, -0.2) is 19.5 Å². The molecule has 56 heavy (non-hydrogen) atoms. The van der Waals surface area contributed by atoms with Gasteiger partial charge in [-0.25, -0.2) is 15.0 Å². The third-order valence-corrected chi connectivity index (χ3v) is 11.2. The second-order valence-electron chi connectivity index (χ2n) is 14.4. The van der Waals surface area contributed by atoms with E-state index >= 15 is 0 Å². The first-order valence-corrected chi connectivity index (χ1v) is 18.9. The monoisotopic (exact) mass is 714 g/mol. The molecule has 3 heterocycles. The molecular formula is C51H30N4O. The Morgan fingerprint density at radius 1 is 0.357 bits per heavy atom. The summed E-state index contributed by atoms with van der Waals surface area (Å²) in [5, 5.41) is 11.3. The number of benzene rings is 9. The van der Waals surface area contributed by atoms with Gasteiger partial charge < -0.3 is 8.98 Å².